The van der Waals surface area contributed by atoms with Crippen LogP contribution in [0.15, 0.2) is 24.7 Å². The Morgan fingerprint density at radius 3 is 2.94 bits per heavy atom. The summed E-state index contributed by atoms with van der Waals surface area (Å²) < 4.78 is 0. The van der Waals surface area contributed by atoms with Crippen molar-refractivity contribution in [1.82, 2.24) is 20.1 Å². The lowest BCUT2D eigenvalue weighted by molar-refractivity contribution is 0.337. The molecule has 2 aromatic heterocycles. The molecule has 5 nitrogen and oxygen atoms in total. The van der Waals surface area contributed by atoms with Crippen molar-refractivity contribution in [3.05, 3.63) is 35.8 Å². The molecule has 0 aliphatic carbocycles. The van der Waals surface area contributed by atoms with Gasteiger partial charge in [0, 0.05) is 43.2 Å². The average Bonchev–Trinajstić information content (AvgIpc) is 2.78. The number of pyridine rings is 1. The monoisotopic (exact) mass is 245 g/mol. The molecule has 2 rings (SSSR count). The zero-order valence-electron chi connectivity index (χ0n) is 10.8. The number of hydrogen-bond donors (Lipinski definition) is 2. The summed E-state index contributed by atoms with van der Waals surface area (Å²) in [5.41, 5.74) is 10.1. The molecule has 96 valence electrons. The third kappa shape index (κ3) is 2.75. The second kappa shape index (κ2) is 5.75. The second-order valence-corrected chi connectivity index (χ2v) is 4.49. The number of H-pyrrole nitrogens is 1. The van der Waals surface area contributed by atoms with Crippen molar-refractivity contribution in [2.45, 2.75) is 13.5 Å². The molecule has 0 aromatic carbocycles. The van der Waals surface area contributed by atoms with Crippen LogP contribution in [0, 0.1) is 6.92 Å². The van der Waals surface area contributed by atoms with Crippen LogP contribution in [0.3, 0.4) is 0 Å². The van der Waals surface area contributed by atoms with Gasteiger partial charge >= 0.3 is 0 Å². The summed E-state index contributed by atoms with van der Waals surface area (Å²) >= 11 is 0. The van der Waals surface area contributed by atoms with Gasteiger partial charge in [-0.05, 0) is 25.6 Å². The maximum absolute atomic E-state index is 5.56. The molecule has 18 heavy (non-hydrogen) atoms. The lowest BCUT2D eigenvalue weighted by atomic mass is 10.1. The fourth-order valence-corrected chi connectivity index (χ4v) is 1.98. The van der Waals surface area contributed by atoms with E-state index in [9.17, 15) is 0 Å². The van der Waals surface area contributed by atoms with E-state index in [0.717, 1.165) is 24.3 Å². The highest BCUT2D eigenvalue weighted by molar-refractivity contribution is 5.65. The molecule has 0 atom stereocenters. The third-order valence-corrected chi connectivity index (χ3v) is 2.98. The third-order valence-electron chi connectivity index (χ3n) is 2.98. The van der Waals surface area contributed by atoms with Crippen LogP contribution in [0.2, 0.25) is 0 Å². The molecule has 2 heterocycles. The van der Waals surface area contributed by atoms with Gasteiger partial charge < -0.3 is 10.6 Å². The van der Waals surface area contributed by atoms with Crippen molar-refractivity contribution in [2.24, 2.45) is 5.73 Å². The van der Waals surface area contributed by atoms with E-state index in [0.29, 0.717) is 6.54 Å². The highest BCUT2D eigenvalue weighted by Crippen LogP contribution is 2.24. The number of nitrogens with zero attached hydrogens (tertiary/aromatic N) is 3. The minimum absolute atomic E-state index is 0.662. The van der Waals surface area contributed by atoms with E-state index in [1.165, 1.54) is 11.1 Å². The van der Waals surface area contributed by atoms with Gasteiger partial charge in [-0.2, -0.15) is 5.10 Å². The Bertz CT molecular complexity index is 506. The fraction of sp³-hybridized carbons (Fsp3) is 0.385. The topological polar surface area (TPSA) is 70.8 Å². The van der Waals surface area contributed by atoms with E-state index in [-0.39, 0.29) is 0 Å². The summed E-state index contributed by atoms with van der Waals surface area (Å²) in [5, 5.41) is 7.20. The van der Waals surface area contributed by atoms with E-state index < -0.39 is 0 Å². The number of hydrogen-bond acceptors (Lipinski definition) is 4. The Balaban J connectivity index is 2.25. The summed E-state index contributed by atoms with van der Waals surface area (Å²) in [6.07, 6.45) is 5.54. The fourth-order valence-electron chi connectivity index (χ4n) is 1.98. The van der Waals surface area contributed by atoms with Gasteiger partial charge in [0.05, 0.1) is 11.9 Å². The first-order valence-corrected chi connectivity index (χ1v) is 6.04. The zero-order valence-corrected chi connectivity index (χ0v) is 10.8. The summed E-state index contributed by atoms with van der Waals surface area (Å²) in [4.78, 5) is 6.36. The van der Waals surface area contributed by atoms with Crippen LogP contribution >= 0.6 is 0 Å². The van der Waals surface area contributed by atoms with Crippen molar-refractivity contribution in [3.8, 4) is 11.3 Å². The highest BCUT2D eigenvalue weighted by Gasteiger charge is 2.11. The van der Waals surface area contributed by atoms with Crippen molar-refractivity contribution in [3.63, 3.8) is 0 Å². The lowest BCUT2D eigenvalue weighted by Crippen LogP contribution is -2.25. The first-order valence-electron chi connectivity index (χ1n) is 6.04. The number of aromatic nitrogens is 3. The Labute approximate surface area is 107 Å². The maximum atomic E-state index is 5.56. The smallest absolute Gasteiger partial charge is 0.0713 e. The van der Waals surface area contributed by atoms with Crippen LogP contribution < -0.4 is 5.73 Å². The molecule has 0 aliphatic rings. The van der Waals surface area contributed by atoms with E-state index in [1.807, 2.05) is 18.5 Å². The van der Waals surface area contributed by atoms with E-state index in [2.05, 4.69) is 34.1 Å². The van der Waals surface area contributed by atoms with Crippen LogP contribution in [0.4, 0.5) is 0 Å². The SMILES string of the molecule is Cc1ccncc1-c1[nH]ncc1CN(C)CCN. The van der Waals surface area contributed by atoms with Gasteiger partial charge in [0.2, 0.25) is 0 Å². The Kier molecular flexibility index (Phi) is 4.07. The van der Waals surface area contributed by atoms with Gasteiger partial charge in [-0.25, -0.2) is 0 Å². The van der Waals surface area contributed by atoms with Crippen LogP contribution in [0.1, 0.15) is 11.1 Å². The normalized spacial score (nSPS) is 11.1. The van der Waals surface area contributed by atoms with Gasteiger partial charge in [0.15, 0.2) is 0 Å². The zero-order chi connectivity index (χ0) is 13.0. The maximum Gasteiger partial charge on any atom is 0.0713 e. The predicted molar refractivity (Wildman–Crippen MR) is 71.9 cm³/mol. The molecule has 0 fully saturated rings. The molecule has 2 aromatic rings. The quantitative estimate of drug-likeness (QED) is 0.829. The summed E-state index contributed by atoms with van der Waals surface area (Å²) in [6, 6.07) is 2.00. The van der Waals surface area contributed by atoms with Gasteiger partial charge in [-0.15, -0.1) is 0 Å². The molecule has 5 heteroatoms. The minimum Gasteiger partial charge on any atom is -0.329 e. The number of rotatable bonds is 5. The van der Waals surface area contributed by atoms with Crippen molar-refractivity contribution < 1.29 is 0 Å². The largest absolute Gasteiger partial charge is 0.329 e. The second-order valence-electron chi connectivity index (χ2n) is 4.49. The van der Waals surface area contributed by atoms with E-state index in [1.54, 1.807) is 6.20 Å². The molecule has 0 saturated heterocycles. The van der Waals surface area contributed by atoms with Crippen LogP contribution in [0.5, 0.6) is 0 Å². The lowest BCUT2D eigenvalue weighted by Gasteiger charge is -2.15. The van der Waals surface area contributed by atoms with Crippen molar-refractivity contribution in [1.29, 1.82) is 0 Å². The molecule has 0 radical (unpaired) electrons. The molecule has 0 unspecified atom stereocenters. The Morgan fingerprint density at radius 1 is 1.39 bits per heavy atom. The van der Waals surface area contributed by atoms with E-state index in [4.69, 9.17) is 5.73 Å². The minimum atomic E-state index is 0.662. The number of likely N-dealkylation sites (N-methyl/N-ethyl adjacent to an activating group) is 1. The summed E-state index contributed by atoms with van der Waals surface area (Å²) in [7, 11) is 2.06. The summed E-state index contributed by atoms with van der Waals surface area (Å²) in [6.45, 7) is 4.44. The molecular formula is C13H19N5. The number of aromatic amines is 1. The van der Waals surface area contributed by atoms with Gasteiger partial charge in [-0.3, -0.25) is 10.1 Å². The van der Waals surface area contributed by atoms with E-state index >= 15 is 0 Å². The number of nitrogens with one attached hydrogen (secondary N) is 1. The van der Waals surface area contributed by atoms with Crippen LogP contribution in [0.25, 0.3) is 11.3 Å². The molecule has 0 bridgehead atoms. The number of aryl methyl sites for hydroxylation is 1. The van der Waals surface area contributed by atoms with Gasteiger partial charge in [0.25, 0.3) is 0 Å². The predicted octanol–water partition coefficient (Wildman–Crippen LogP) is 1.17. The Morgan fingerprint density at radius 2 is 2.22 bits per heavy atom. The molecule has 3 N–H and O–H groups in total. The molecule has 0 spiro atoms. The van der Waals surface area contributed by atoms with Gasteiger partial charge in [-0.1, -0.05) is 0 Å². The highest BCUT2D eigenvalue weighted by atomic mass is 15.1. The van der Waals surface area contributed by atoms with Crippen molar-refractivity contribution in [2.75, 3.05) is 20.1 Å². The Hall–Kier alpha value is -1.72. The standard InChI is InChI=1S/C13H19N5/c1-10-3-5-15-8-12(10)13-11(7-16-17-13)9-18(2)6-4-14/h3,5,7-8H,4,6,9,14H2,1-2H3,(H,16,17). The van der Waals surface area contributed by atoms with Crippen LogP contribution in [-0.2, 0) is 6.54 Å². The summed E-state index contributed by atoms with van der Waals surface area (Å²) in [5.74, 6) is 0. The first kappa shape index (κ1) is 12.7. The first-order chi connectivity index (χ1) is 8.72. The molecular weight excluding hydrogens is 226 g/mol. The van der Waals surface area contributed by atoms with Crippen LogP contribution in [-0.4, -0.2) is 40.2 Å². The number of nitrogens with two attached hydrogens (primary N) is 1. The molecule has 0 saturated carbocycles. The van der Waals surface area contributed by atoms with Gasteiger partial charge in [0.1, 0.15) is 0 Å². The average molecular weight is 245 g/mol. The molecule has 0 amide bonds. The molecule has 0 aliphatic heterocycles. The van der Waals surface area contributed by atoms with Crippen molar-refractivity contribution >= 4 is 0 Å².